The van der Waals surface area contributed by atoms with Crippen LogP contribution >= 0.6 is 15.9 Å². The molecule has 5 nitrogen and oxygen atoms in total. The fourth-order valence-corrected chi connectivity index (χ4v) is 3.71. The van der Waals surface area contributed by atoms with Gasteiger partial charge in [-0.25, -0.2) is 12.7 Å². The predicted octanol–water partition coefficient (Wildman–Crippen LogP) is 2.50. The number of piperidine rings is 1. The Morgan fingerprint density at radius 2 is 2.09 bits per heavy atom. The first-order chi connectivity index (χ1) is 10.4. The molecule has 1 heterocycles. The Hall–Kier alpha value is -1.10. The van der Waals surface area contributed by atoms with Gasteiger partial charge in [0, 0.05) is 18.4 Å². The molecule has 120 valence electrons. The maximum atomic E-state index is 11.5. The summed E-state index contributed by atoms with van der Waals surface area (Å²) in [5, 5.41) is 9.88. The zero-order valence-electron chi connectivity index (χ0n) is 12.5. The SMILES string of the molecule is CS(=O)(=O)N1CCC(COc2ccc(CBr)cc2C#N)CC1. The van der Waals surface area contributed by atoms with E-state index in [0.29, 0.717) is 42.3 Å². The van der Waals surface area contributed by atoms with Gasteiger partial charge in [-0.1, -0.05) is 22.0 Å². The van der Waals surface area contributed by atoms with Crippen LogP contribution in [0.4, 0.5) is 0 Å². The molecule has 0 aliphatic carbocycles. The highest BCUT2D eigenvalue weighted by atomic mass is 79.9. The third-order valence-electron chi connectivity index (χ3n) is 3.84. The molecular formula is C15H19BrN2O3S. The summed E-state index contributed by atoms with van der Waals surface area (Å²) in [6.07, 6.45) is 2.82. The van der Waals surface area contributed by atoms with E-state index < -0.39 is 10.0 Å². The second-order valence-electron chi connectivity index (χ2n) is 5.49. The van der Waals surface area contributed by atoms with Gasteiger partial charge in [0.25, 0.3) is 0 Å². The third kappa shape index (κ3) is 4.45. The quantitative estimate of drug-likeness (QED) is 0.728. The molecule has 0 N–H and O–H groups in total. The second kappa shape index (κ2) is 7.44. The Balaban J connectivity index is 1.91. The summed E-state index contributed by atoms with van der Waals surface area (Å²) in [4.78, 5) is 0. The summed E-state index contributed by atoms with van der Waals surface area (Å²) in [5.74, 6) is 0.915. The molecule has 0 atom stereocenters. The summed E-state index contributed by atoms with van der Waals surface area (Å²) in [5.41, 5.74) is 1.57. The van der Waals surface area contributed by atoms with E-state index >= 15 is 0 Å². The van der Waals surface area contributed by atoms with E-state index in [2.05, 4.69) is 22.0 Å². The van der Waals surface area contributed by atoms with Crippen LogP contribution in [0.2, 0.25) is 0 Å². The minimum absolute atomic E-state index is 0.320. The normalized spacial score (nSPS) is 17.1. The van der Waals surface area contributed by atoms with E-state index in [4.69, 9.17) is 4.74 Å². The molecule has 0 bridgehead atoms. The number of alkyl halides is 1. The molecule has 0 aromatic heterocycles. The summed E-state index contributed by atoms with van der Waals surface area (Å²) in [6, 6.07) is 7.72. The van der Waals surface area contributed by atoms with Gasteiger partial charge in [0.1, 0.15) is 11.8 Å². The molecule has 2 rings (SSSR count). The van der Waals surface area contributed by atoms with Crippen LogP contribution in [-0.4, -0.2) is 38.7 Å². The van der Waals surface area contributed by atoms with Crippen molar-refractivity contribution in [2.75, 3.05) is 26.0 Å². The van der Waals surface area contributed by atoms with Crippen molar-refractivity contribution in [2.45, 2.75) is 18.2 Å². The monoisotopic (exact) mass is 386 g/mol. The van der Waals surface area contributed by atoms with Gasteiger partial charge in [-0.05, 0) is 36.5 Å². The fourth-order valence-electron chi connectivity index (χ4n) is 2.49. The summed E-state index contributed by atoms with van der Waals surface area (Å²) >= 11 is 3.36. The Morgan fingerprint density at radius 3 is 2.64 bits per heavy atom. The first-order valence-corrected chi connectivity index (χ1v) is 10.1. The average molecular weight is 387 g/mol. The molecule has 0 radical (unpaired) electrons. The van der Waals surface area contributed by atoms with Crippen molar-refractivity contribution in [3.63, 3.8) is 0 Å². The van der Waals surface area contributed by atoms with Gasteiger partial charge >= 0.3 is 0 Å². The highest BCUT2D eigenvalue weighted by Crippen LogP contribution is 2.24. The average Bonchev–Trinajstić information content (AvgIpc) is 2.52. The van der Waals surface area contributed by atoms with Crippen LogP contribution in [0, 0.1) is 17.2 Å². The van der Waals surface area contributed by atoms with E-state index in [9.17, 15) is 13.7 Å². The van der Waals surface area contributed by atoms with Crippen molar-refractivity contribution >= 4 is 26.0 Å². The first kappa shape index (κ1) is 17.3. The van der Waals surface area contributed by atoms with E-state index in [0.717, 1.165) is 18.4 Å². The van der Waals surface area contributed by atoms with Gasteiger partial charge < -0.3 is 4.74 Å². The lowest BCUT2D eigenvalue weighted by Gasteiger charge is -2.30. The summed E-state index contributed by atoms with van der Waals surface area (Å²) < 4.78 is 30.2. The van der Waals surface area contributed by atoms with Crippen molar-refractivity contribution in [3.8, 4) is 11.8 Å². The molecule has 1 aromatic rings. The predicted molar refractivity (Wildman–Crippen MR) is 88.4 cm³/mol. The van der Waals surface area contributed by atoms with Crippen LogP contribution in [-0.2, 0) is 15.4 Å². The molecule has 0 saturated carbocycles. The van der Waals surface area contributed by atoms with E-state index in [-0.39, 0.29) is 0 Å². The largest absolute Gasteiger partial charge is 0.492 e. The van der Waals surface area contributed by atoms with E-state index in [1.54, 1.807) is 0 Å². The van der Waals surface area contributed by atoms with Gasteiger partial charge in [-0.15, -0.1) is 0 Å². The van der Waals surface area contributed by atoms with Gasteiger partial charge in [0.05, 0.1) is 18.4 Å². The molecule has 1 aliphatic heterocycles. The zero-order chi connectivity index (χ0) is 16.2. The van der Waals surface area contributed by atoms with Crippen LogP contribution in [0.15, 0.2) is 18.2 Å². The molecule has 0 unspecified atom stereocenters. The van der Waals surface area contributed by atoms with E-state index in [1.165, 1.54) is 10.6 Å². The minimum Gasteiger partial charge on any atom is -0.492 e. The maximum Gasteiger partial charge on any atom is 0.211 e. The number of nitrogens with zero attached hydrogens (tertiary/aromatic N) is 2. The number of ether oxygens (including phenoxy) is 1. The van der Waals surface area contributed by atoms with Gasteiger partial charge in [0.2, 0.25) is 10.0 Å². The van der Waals surface area contributed by atoms with Crippen molar-refractivity contribution in [3.05, 3.63) is 29.3 Å². The Labute approximate surface area is 140 Å². The Bertz CT molecular complexity index is 662. The lowest BCUT2D eigenvalue weighted by atomic mass is 9.99. The number of rotatable bonds is 5. The highest BCUT2D eigenvalue weighted by molar-refractivity contribution is 9.08. The van der Waals surface area contributed by atoms with Crippen LogP contribution in [0.5, 0.6) is 5.75 Å². The zero-order valence-corrected chi connectivity index (χ0v) is 14.9. The number of hydrogen-bond acceptors (Lipinski definition) is 4. The fraction of sp³-hybridized carbons (Fsp3) is 0.533. The number of sulfonamides is 1. The molecule has 0 spiro atoms. The molecular weight excluding hydrogens is 368 g/mol. The summed E-state index contributed by atoms with van der Waals surface area (Å²) in [7, 11) is -3.09. The molecule has 22 heavy (non-hydrogen) atoms. The smallest absolute Gasteiger partial charge is 0.211 e. The van der Waals surface area contributed by atoms with E-state index in [1.807, 2.05) is 18.2 Å². The lowest BCUT2D eigenvalue weighted by molar-refractivity contribution is 0.185. The number of nitriles is 1. The van der Waals surface area contributed by atoms with Gasteiger partial charge in [-0.2, -0.15) is 5.26 Å². The standard InChI is InChI=1S/C15H19BrN2O3S/c1-22(19,20)18-6-4-12(5-7-18)11-21-15-3-2-13(9-16)8-14(15)10-17/h2-3,8,12H,4-7,9,11H2,1H3. The van der Waals surface area contributed by atoms with Crippen LogP contribution in [0.25, 0.3) is 0 Å². The summed E-state index contributed by atoms with van der Waals surface area (Å²) in [6.45, 7) is 1.60. The molecule has 1 aromatic carbocycles. The van der Waals surface area contributed by atoms with Crippen LogP contribution in [0.3, 0.4) is 0 Å². The Morgan fingerprint density at radius 1 is 1.41 bits per heavy atom. The molecule has 1 saturated heterocycles. The van der Waals surface area contributed by atoms with Crippen molar-refractivity contribution in [1.29, 1.82) is 5.26 Å². The molecule has 0 amide bonds. The third-order valence-corrected chi connectivity index (χ3v) is 5.79. The number of hydrogen-bond donors (Lipinski definition) is 0. The lowest BCUT2D eigenvalue weighted by Crippen LogP contribution is -2.39. The van der Waals surface area contributed by atoms with Crippen LogP contribution in [0.1, 0.15) is 24.0 Å². The first-order valence-electron chi connectivity index (χ1n) is 7.11. The van der Waals surface area contributed by atoms with Crippen molar-refractivity contribution < 1.29 is 13.2 Å². The number of halogens is 1. The molecule has 7 heteroatoms. The second-order valence-corrected chi connectivity index (χ2v) is 8.04. The molecule has 1 aliphatic rings. The minimum atomic E-state index is -3.09. The van der Waals surface area contributed by atoms with Crippen LogP contribution < -0.4 is 4.74 Å². The van der Waals surface area contributed by atoms with Gasteiger partial charge in [-0.3, -0.25) is 0 Å². The van der Waals surface area contributed by atoms with Gasteiger partial charge in [0.15, 0.2) is 0 Å². The highest BCUT2D eigenvalue weighted by Gasteiger charge is 2.25. The van der Waals surface area contributed by atoms with Crippen molar-refractivity contribution in [1.82, 2.24) is 4.31 Å². The Kier molecular flexibility index (Phi) is 5.84. The topological polar surface area (TPSA) is 70.4 Å². The van der Waals surface area contributed by atoms with Crippen molar-refractivity contribution in [2.24, 2.45) is 5.92 Å². The molecule has 1 fully saturated rings. The maximum absolute atomic E-state index is 11.5. The number of benzene rings is 1.